The highest BCUT2D eigenvalue weighted by Gasteiger charge is 2.21. The van der Waals surface area contributed by atoms with Gasteiger partial charge >= 0.3 is 5.97 Å². The molecule has 2 N–H and O–H groups in total. The highest BCUT2D eigenvalue weighted by Crippen LogP contribution is 2.18. The van der Waals surface area contributed by atoms with Crippen molar-refractivity contribution in [2.24, 2.45) is 5.92 Å². The molecule has 0 aliphatic rings. The Morgan fingerprint density at radius 2 is 1.96 bits per heavy atom. The van der Waals surface area contributed by atoms with Gasteiger partial charge in [0.1, 0.15) is 6.04 Å². The Labute approximate surface area is 151 Å². The van der Waals surface area contributed by atoms with E-state index >= 15 is 0 Å². The van der Waals surface area contributed by atoms with Gasteiger partial charge in [-0.15, -0.1) is 0 Å². The van der Waals surface area contributed by atoms with Crippen molar-refractivity contribution in [2.75, 3.05) is 6.54 Å². The van der Waals surface area contributed by atoms with Crippen molar-refractivity contribution in [1.82, 2.24) is 14.9 Å². The maximum absolute atomic E-state index is 12.2. The van der Waals surface area contributed by atoms with E-state index in [1.165, 1.54) is 0 Å². The minimum absolute atomic E-state index is 0.0834. The lowest BCUT2D eigenvalue weighted by Gasteiger charge is -2.17. The number of aliphatic carboxylic acids is 1. The van der Waals surface area contributed by atoms with E-state index in [1.807, 2.05) is 42.5 Å². The quantitative estimate of drug-likeness (QED) is 0.685. The minimum Gasteiger partial charge on any atom is -0.481 e. The third-order valence-corrected chi connectivity index (χ3v) is 4.52. The first-order valence-electron chi connectivity index (χ1n) is 8.50. The van der Waals surface area contributed by atoms with Gasteiger partial charge in [0.15, 0.2) is 0 Å². The van der Waals surface area contributed by atoms with Crippen LogP contribution in [-0.4, -0.2) is 33.1 Å². The summed E-state index contributed by atoms with van der Waals surface area (Å²) in [5.74, 6) is -1.84. The molecule has 3 aromatic rings. The van der Waals surface area contributed by atoms with E-state index in [0.29, 0.717) is 6.42 Å². The van der Waals surface area contributed by atoms with Crippen molar-refractivity contribution in [1.29, 1.82) is 0 Å². The molecule has 3 rings (SSSR count). The average molecular weight is 351 g/mol. The monoisotopic (exact) mass is 351 g/mol. The molecule has 2 aromatic carbocycles. The number of carbonyl (C=O) groups excluding carboxylic acids is 1. The van der Waals surface area contributed by atoms with Crippen LogP contribution in [0.5, 0.6) is 0 Å². The van der Waals surface area contributed by atoms with Crippen LogP contribution >= 0.6 is 0 Å². The molecule has 0 bridgehead atoms. The van der Waals surface area contributed by atoms with Gasteiger partial charge in [-0.05, 0) is 29.7 Å². The third kappa shape index (κ3) is 4.08. The normalized spacial score (nSPS) is 13.3. The summed E-state index contributed by atoms with van der Waals surface area (Å²) in [6.45, 7) is 1.83. The number of hydrogen-bond donors (Lipinski definition) is 2. The summed E-state index contributed by atoms with van der Waals surface area (Å²) in [6.07, 6.45) is 5.23. The van der Waals surface area contributed by atoms with E-state index in [-0.39, 0.29) is 12.5 Å². The predicted octanol–water partition coefficient (Wildman–Crippen LogP) is 2.66. The Bertz CT molecular complexity index is 906. The van der Waals surface area contributed by atoms with Crippen LogP contribution in [0.3, 0.4) is 0 Å². The van der Waals surface area contributed by atoms with Gasteiger partial charge < -0.3 is 15.0 Å². The smallest absolute Gasteiger partial charge is 0.308 e. The van der Waals surface area contributed by atoms with Gasteiger partial charge in [-0.2, -0.15) is 0 Å². The highest BCUT2D eigenvalue weighted by atomic mass is 16.4. The van der Waals surface area contributed by atoms with Crippen LogP contribution in [0.2, 0.25) is 0 Å². The maximum Gasteiger partial charge on any atom is 0.308 e. The molecule has 0 saturated heterocycles. The molecule has 0 spiro atoms. The number of aromatic nitrogens is 2. The lowest BCUT2D eigenvalue weighted by atomic mass is 9.97. The number of carbonyl (C=O) groups is 2. The fourth-order valence-corrected chi connectivity index (χ4v) is 2.90. The molecule has 134 valence electrons. The summed E-state index contributed by atoms with van der Waals surface area (Å²) in [5, 5.41) is 14.5. The summed E-state index contributed by atoms with van der Waals surface area (Å²) < 4.78 is 1.68. The van der Waals surface area contributed by atoms with E-state index in [4.69, 9.17) is 0 Å². The summed E-state index contributed by atoms with van der Waals surface area (Å²) in [6, 6.07) is 13.4. The average Bonchev–Trinajstić information content (AvgIpc) is 3.18. The number of benzene rings is 2. The molecule has 0 aliphatic carbocycles. The number of fused-ring (bicyclic) bond motifs is 1. The molecule has 0 radical (unpaired) electrons. The van der Waals surface area contributed by atoms with Gasteiger partial charge in [0.25, 0.3) is 0 Å². The van der Waals surface area contributed by atoms with Gasteiger partial charge in [-0.25, -0.2) is 4.98 Å². The van der Waals surface area contributed by atoms with Crippen LogP contribution in [0.25, 0.3) is 10.8 Å². The van der Waals surface area contributed by atoms with Crippen molar-refractivity contribution < 1.29 is 14.7 Å². The van der Waals surface area contributed by atoms with Crippen molar-refractivity contribution >= 4 is 22.6 Å². The Kier molecular flexibility index (Phi) is 5.31. The standard InChI is InChI=1S/C20H21N3O3/c1-14(23-9-8-21-13-23)19(24)22-12-18(20(25)26)11-15-6-7-16-4-2-3-5-17(16)10-15/h2-10,13-14,18H,11-12H2,1H3,(H,22,24)(H,25,26). The zero-order valence-corrected chi connectivity index (χ0v) is 14.5. The molecule has 6 heteroatoms. The fraction of sp³-hybridized carbons (Fsp3) is 0.250. The van der Waals surface area contributed by atoms with Gasteiger partial charge in [0.2, 0.25) is 5.91 Å². The summed E-state index contributed by atoms with van der Waals surface area (Å²) in [4.78, 5) is 27.8. The highest BCUT2D eigenvalue weighted by molar-refractivity contribution is 5.83. The van der Waals surface area contributed by atoms with E-state index in [9.17, 15) is 14.7 Å². The summed E-state index contributed by atoms with van der Waals surface area (Å²) in [5.41, 5.74) is 0.938. The maximum atomic E-state index is 12.2. The fourth-order valence-electron chi connectivity index (χ4n) is 2.90. The molecule has 1 heterocycles. The third-order valence-electron chi connectivity index (χ3n) is 4.52. The van der Waals surface area contributed by atoms with Gasteiger partial charge in [-0.1, -0.05) is 42.5 Å². The predicted molar refractivity (Wildman–Crippen MR) is 98.7 cm³/mol. The minimum atomic E-state index is -0.922. The molecule has 0 saturated carbocycles. The molecule has 1 amide bonds. The summed E-state index contributed by atoms with van der Waals surface area (Å²) in [7, 11) is 0. The second-order valence-electron chi connectivity index (χ2n) is 6.35. The van der Waals surface area contributed by atoms with E-state index < -0.39 is 17.9 Å². The van der Waals surface area contributed by atoms with Crippen LogP contribution in [0, 0.1) is 5.92 Å². The first kappa shape index (κ1) is 17.7. The Morgan fingerprint density at radius 1 is 1.19 bits per heavy atom. The Balaban J connectivity index is 1.65. The number of amides is 1. The van der Waals surface area contributed by atoms with Crippen LogP contribution in [0.4, 0.5) is 0 Å². The number of rotatable bonds is 7. The molecule has 26 heavy (non-hydrogen) atoms. The topological polar surface area (TPSA) is 84.2 Å². The van der Waals surface area contributed by atoms with Crippen LogP contribution < -0.4 is 5.32 Å². The van der Waals surface area contributed by atoms with Crippen molar-refractivity contribution in [2.45, 2.75) is 19.4 Å². The van der Waals surface area contributed by atoms with Gasteiger partial charge in [-0.3, -0.25) is 9.59 Å². The van der Waals surface area contributed by atoms with Crippen LogP contribution in [0.1, 0.15) is 18.5 Å². The largest absolute Gasteiger partial charge is 0.481 e. The molecular formula is C20H21N3O3. The second kappa shape index (κ2) is 7.82. The summed E-state index contributed by atoms with van der Waals surface area (Å²) >= 11 is 0. The molecule has 0 fully saturated rings. The second-order valence-corrected chi connectivity index (χ2v) is 6.35. The van der Waals surface area contributed by atoms with E-state index in [0.717, 1.165) is 16.3 Å². The first-order chi connectivity index (χ1) is 12.5. The van der Waals surface area contributed by atoms with Gasteiger partial charge in [0.05, 0.1) is 12.2 Å². The molecule has 1 aromatic heterocycles. The van der Waals surface area contributed by atoms with Crippen LogP contribution in [0.15, 0.2) is 61.2 Å². The number of hydrogen-bond acceptors (Lipinski definition) is 3. The van der Waals surface area contributed by atoms with E-state index in [1.54, 1.807) is 30.2 Å². The number of nitrogens with zero attached hydrogens (tertiary/aromatic N) is 2. The lowest BCUT2D eigenvalue weighted by Crippen LogP contribution is -2.37. The Hall–Kier alpha value is -3.15. The van der Waals surface area contributed by atoms with Crippen molar-refractivity contribution in [3.8, 4) is 0 Å². The number of carboxylic acid groups (broad SMARTS) is 1. The molecule has 6 nitrogen and oxygen atoms in total. The number of imidazole rings is 1. The number of nitrogens with one attached hydrogen (secondary N) is 1. The number of carboxylic acids is 1. The molecule has 2 unspecified atom stereocenters. The first-order valence-corrected chi connectivity index (χ1v) is 8.50. The zero-order chi connectivity index (χ0) is 18.5. The Morgan fingerprint density at radius 3 is 2.65 bits per heavy atom. The van der Waals surface area contributed by atoms with Gasteiger partial charge in [0, 0.05) is 18.9 Å². The lowest BCUT2D eigenvalue weighted by molar-refractivity contribution is -0.141. The van der Waals surface area contributed by atoms with E-state index in [2.05, 4.69) is 10.3 Å². The van der Waals surface area contributed by atoms with Crippen LogP contribution in [-0.2, 0) is 16.0 Å². The molecule has 2 atom stereocenters. The molecule has 0 aliphatic heterocycles. The molecular weight excluding hydrogens is 330 g/mol. The zero-order valence-electron chi connectivity index (χ0n) is 14.5. The SMILES string of the molecule is CC(C(=O)NCC(Cc1ccc2ccccc2c1)C(=O)O)n1ccnc1. The van der Waals surface area contributed by atoms with Crippen molar-refractivity contribution in [3.05, 3.63) is 66.7 Å². The van der Waals surface area contributed by atoms with Crippen molar-refractivity contribution in [3.63, 3.8) is 0 Å².